The third-order valence-electron chi connectivity index (χ3n) is 6.29. The van der Waals surface area contributed by atoms with E-state index in [1.807, 2.05) is 0 Å². The Bertz CT molecular complexity index is 396. The summed E-state index contributed by atoms with van der Waals surface area (Å²) in [7, 11) is 8.94. The van der Waals surface area contributed by atoms with Crippen LogP contribution in [0.15, 0.2) is 0 Å². The number of halogens is 4. The maximum atomic E-state index is 13.1. The van der Waals surface area contributed by atoms with Crippen molar-refractivity contribution in [3.63, 3.8) is 0 Å². The monoisotopic (exact) mass is 463 g/mol. The summed E-state index contributed by atoms with van der Waals surface area (Å²) in [6.45, 7) is 4.44. The van der Waals surface area contributed by atoms with Crippen LogP contribution in [0.3, 0.4) is 0 Å². The minimum atomic E-state index is -3.99. The van der Waals surface area contributed by atoms with Crippen molar-refractivity contribution in [2.45, 2.75) is 51.1 Å². The quantitative estimate of drug-likeness (QED) is 0.433. The second kappa shape index (κ2) is 7.99. The molecule has 1 unspecified atom stereocenters. The maximum Gasteiger partial charge on any atom is 0.391 e. The molecule has 2 nitrogen and oxygen atoms in total. The zero-order chi connectivity index (χ0) is 17.4. The molecule has 144 valence electrons. The average Bonchev–Trinajstić information content (AvgIpc) is 2.41. The Morgan fingerprint density at radius 3 is 2.17 bits per heavy atom. The predicted octanol–water partition coefficient (Wildman–Crippen LogP) is 1.07. The molecule has 2 rings (SSSR count). The Labute approximate surface area is 163 Å². The second-order valence-electron chi connectivity index (χ2n) is 9.49. The Morgan fingerprint density at radius 1 is 1.08 bits per heavy atom. The Morgan fingerprint density at radius 2 is 1.67 bits per heavy atom. The molecule has 1 aliphatic heterocycles. The van der Waals surface area contributed by atoms with Crippen LogP contribution in [0.25, 0.3) is 0 Å². The van der Waals surface area contributed by atoms with Crippen LogP contribution in [-0.2, 0) is 0 Å². The van der Waals surface area contributed by atoms with Crippen molar-refractivity contribution in [2.75, 3.05) is 54.4 Å². The number of quaternary nitrogens is 2. The highest BCUT2D eigenvalue weighted by Gasteiger charge is 2.50. The topological polar surface area (TPSA) is 0 Å². The van der Waals surface area contributed by atoms with Crippen molar-refractivity contribution in [2.24, 2.45) is 11.3 Å². The second-order valence-corrected chi connectivity index (χ2v) is 9.49. The van der Waals surface area contributed by atoms with E-state index in [4.69, 9.17) is 0 Å². The van der Waals surface area contributed by atoms with Gasteiger partial charge in [0.2, 0.25) is 0 Å². The molecule has 1 saturated heterocycles. The van der Waals surface area contributed by atoms with Crippen molar-refractivity contribution in [3.8, 4) is 0 Å². The summed E-state index contributed by atoms with van der Waals surface area (Å²) in [5.41, 5.74) is -0.0176. The maximum absolute atomic E-state index is 13.1. The molecule has 1 heterocycles. The molecular weight excluding hydrogens is 428 g/mol. The van der Waals surface area contributed by atoms with Crippen LogP contribution in [0.4, 0.5) is 13.2 Å². The molecule has 1 aliphatic carbocycles. The van der Waals surface area contributed by atoms with Crippen molar-refractivity contribution >= 4 is 0 Å². The molecule has 0 aromatic rings. The van der Waals surface area contributed by atoms with Gasteiger partial charge in [0, 0.05) is 19.3 Å². The lowest BCUT2D eigenvalue weighted by Gasteiger charge is -2.50. The minimum Gasteiger partial charge on any atom is -1.00 e. The summed E-state index contributed by atoms with van der Waals surface area (Å²) in [5, 5.41) is 0. The van der Waals surface area contributed by atoms with E-state index in [1.54, 1.807) is 0 Å². The Kier molecular flexibility index (Phi) is 7.48. The highest BCUT2D eigenvalue weighted by molar-refractivity contribution is 4.90. The van der Waals surface area contributed by atoms with Crippen LogP contribution in [0, 0.1) is 11.3 Å². The van der Waals surface area contributed by atoms with Crippen LogP contribution >= 0.6 is 0 Å². The lowest BCUT2D eigenvalue weighted by molar-refractivity contribution is -0.923. The fourth-order valence-corrected chi connectivity index (χ4v) is 4.59. The fraction of sp³-hybridized carbons (Fsp3) is 1.00. The number of likely N-dealkylation sites (tertiary alicyclic amines) is 1. The van der Waals surface area contributed by atoms with Crippen molar-refractivity contribution in [1.29, 1.82) is 0 Å². The highest BCUT2D eigenvalue weighted by Crippen LogP contribution is 2.51. The first kappa shape index (κ1) is 22.5. The summed E-state index contributed by atoms with van der Waals surface area (Å²) >= 11 is 0. The molecule has 24 heavy (non-hydrogen) atoms. The van der Waals surface area contributed by atoms with E-state index in [9.17, 15) is 13.2 Å². The van der Waals surface area contributed by atoms with Gasteiger partial charge in [-0.05, 0) is 24.7 Å². The number of nitrogens with zero attached hydrogens (tertiary/aromatic N) is 2. The molecule has 0 N–H and O–H groups in total. The molecular formula is C18H35F3IN2+. The molecule has 6 heteroatoms. The van der Waals surface area contributed by atoms with E-state index >= 15 is 0 Å². The van der Waals surface area contributed by atoms with E-state index in [0.717, 1.165) is 60.8 Å². The number of hydrogen-bond donors (Lipinski definition) is 0. The predicted molar refractivity (Wildman–Crippen MR) is 88.0 cm³/mol. The third kappa shape index (κ3) is 6.31. The summed E-state index contributed by atoms with van der Waals surface area (Å²) < 4.78 is 41.3. The summed E-state index contributed by atoms with van der Waals surface area (Å²) in [5.74, 6) is -1.05. The van der Waals surface area contributed by atoms with Gasteiger partial charge in [-0.15, -0.1) is 0 Å². The molecule has 1 spiro atoms. The molecule has 2 aliphatic rings. The van der Waals surface area contributed by atoms with E-state index in [1.165, 1.54) is 6.42 Å². The van der Waals surface area contributed by atoms with E-state index in [0.29, 0.717) is 12.8 Å². The summed E-state index contributed by atoms with van der Waals surface area (Å²) in [6, 6.07) is 0. The fourth-order valence-electron chi connectivity index (χ4n) is 4.59. The molecule has 1 saturated carbocycles. The van der Waals surface area contributed by atoms with E-state index in [-0.39, 0.29) is 29.4 Å². The molecule has 0 aromatic carbocycles. The smallest absolute Gasteiger partial charge is 0.391 e. The normalized spacial score (nSPS) is 34.9. The van der Waals surface area contributed by atoms with Gasteiger partial charge in [0.15, 0.2) is 0 Å². The SMILES string of the molecule is C[N+](C)(C)CCC[N+]1(C)CCC2(CCCC(C(F)(F)F)C2)CC1.[I-]. The Balaban J connectivity index is 0.00000288. The summed E-state index contributed by atoms with van der Waals surface area (Å²) in [4.78, 5) is 0. The first-order valence-electron chi connectivity index (χ1n) is 9.14. The lowest BCUT2D eigenvalue weighted by atomic mass is 9.64. The van der Waals surface area contributed by atoms with Gasteiger partial charge in [-0.1, -0.05) is 6.42 Å². The van der Waals surface area contributed by atoms with Crippen molar-refractivity contribution in [1.82, 2.24) is 0 Å². The van der Waals surface area contributed by atoms with Gasteiger partial charge < -0.3 is 32.9 Å². The van der Waals surface area contributed by atoms with Gasteiger partial charge in [-0.25, -0.2) is 0 Å². The number of hydrogen-bond acceptors (Lipinski definition) is 0. The van der Waals surface area contributed by atoms with E-state index in [2.05, 4.69) is 28.2 Å². The average molecular weight is 463 g/mol. The molecule has 0 aromatic heterocycles. The zero-order valence-electron chi connectivity index (χ0n) is 15.8. The molecule has 0 bridgehead atoms. The van der Waals surface area contributed by atoms with Crippen molar-refractivity contribution in [3.05, 3.63) is 0 Å². The highest BCUT2D eigenvalue weighted by atomic mass is 127. The number of piperidine rings is 1. The summed E-state index contributed by atoms with van der Waals surface area (Å²) in [6.07, 6.45) is 1.68. The van der Waals surface area contributed by atoms with E-state index < -0.39 is 12.1 Å². The molecule has 0 amide bonds. The Hall–Kier alpha value is 0.440. The van der Waals surface area contributed by atoms with Crippen LogP contribution in [-0.4, -0.2) is 69.5 Å². The van der Waals surface area contributed by atoms with Gasteiger partial charge in [0.1, 0.15) is 0 Å². The van der Waals surface area contributed by atoms with Crippen LogP contribution in [0.5, 0.6) is 0 Å². The third-order valence-corrected chi connectivity index (χ3v) is 6.29. The van der Waals surface area contributed by atoms with Gasteiger partial charge >= 0.3 is 6.18 Å². The number of rotatable bonds is 4. The first-order chi connectivity index (χ1) is 10.4. The molecule has 1 atom stereocenters. The first-order valence-corrected chi connectivity index (χ1v) is 9.14. The number of alkyl halides is 3. The van der Waals surface area contributed by atoms with Gasteiger partial charge in [0.05, 0.1) is 60.3 Å². The lowest BCUT2D eigenvalue weighted by Crippen LogP contribution is -3.00. The van der Waals surface area contributed by atoms with Gasteiger partial charge in [-0.3, -0.25) is 0 Å². The van der Waals surface area contributed by atoms with Crippen LogP contribution in [0.1, 0.15) is 44.9 Å². The van der Waals surface area contributed by atoms with Gasteiger partial charge in [-0.2, -0.15) is 13.2 Å². The molecule has 2 fully saturated rings. The van der Waals surface area contributed by atoms with Crippen LogP contribution < -0.4 is 24.0 Å². The van der Waals surface area contributed by atoms with Crippen molar-refractivity contribution < 1.29 is 46.1 Å². The standard InChI is InChI=1S/C18H35F3N2.HI/c1-22(2,3)11-6-12-23(4)13-9-17(10-14-23)8-5-7-16(15-17)18(19,20)21;/h16H,5-15H2,1-4H3;1H/q+2;/p-1. The zero-order valence-corrected chi connectivity index (χ0v) is 17.9. The van der Waals surface area contributed by atoms with Gasteiger partial charge in [0.25, 0.3) is 0 Å². The van der Waals surface area contributed by atoms with Crippen LogP contribution in [0.2, 0.25) is 0 Å². The molecule has 0 radical (unpaired) electrons. The minimum absolute atomic E-state index is 0. The largest absolute Gasteiger partial charge is 1.00 e.